The van der Waals surface area contributed by atoms with Crippen LogP contribution >= 0.6 is 0 Å². The summed E-state index contributed by atoms with van der Waals surface area (Å²) in [4.78, 5) is 41.1. The van der Waals surface area contributed by atoms with Gasteiger partial charge in [0.1, 0.15) is 18.8 Å². The number of esters is 1. The molecule has 0 radical (unpaired) electrons. The van der Waals surface area contributed by atoms with Crippen LogP contribution in [-0.2, 0) is 32.2 Å². The second-order valence-corrected chi connectivity index (χ2v) is 8.77. The van der Waals surface area contributed by atoms with E-state index in [1.807, 2.05) is 60.7 Å². The Morgan fingerprint density at radius 1 is 0.818 bits per heavy atom. The molecule has 0 N–H and O–H groups in total. The fourth-order valence-corrected chi connectivity index (χ4v) is 3.35. The smallest absolute Gasteiger partial charge is 0.410 e. The van der Waals surface area contributed by atoms with E-state index in [-0.39, 0.29) is 32.8 Å². The van der Waals surface area contributed by atoms with Gasteiger partial charge in [0.25, 0.3) is 0 Å². The number of nitrogens with zero attached hydrogens (tertiary/aromatic N) is 2. The highest BCUT2D eigenvalue weighted by molar-refractivity contribution is 5.83. The summed E-state index contributed by atoms with van der Waals surface area (Å²) < 4.78 is 16.3. The average Bonchev–Trinajstić information content (AvgIpc) is 2.81. The van der Waals surface area contributed by atoms with Crippen molar-refractivity contribution in [2.75, 3.05) is 19.6 Å². The van der Waals surface area contributed by atoms with Crippen LogP contribution in [0, 0.1) is 0 Å². The summed E-state index contributed by atoms with van der Waals surface area (Å²) >= 11 is 0. The lowest BCUT2D eigenvalue weighted by Crippen LogP contribution is -2.60. The maximum absolute atomic E-state index is 12.9. The van der Waals surface area contributed by atoms with Gasteiger partial charge in [-0.05, 0) is 31.9 Å². The van der Waals surface area contributed by atoms with Crippen molar-refractivity contribution in [3.63, 3.8) is 0 Å². The summed E-state index contributed by atoms with van der Waals surface area (Å²) in [5, 5.41) is 0. The first kappa shape index (κ1) is 24.1. The highest BCUT2D eigenvalue weighted by Crippen LogP contribution is 2.18. The molecule has 1 fully saturated rings. The molecule has 1 aliphatic rings. The molecule has 1 heterocycles. The van der Waals surface area contributed by atoms with Crippen LogP contribution in [0.2, 0.25) is 0 Å². The topological polar surface area (TPSA) is 85.4 Å². The van der Waals surface area contributed by atoms with Gasteiger partial charge in [0.2, 0.25) is 0 Å². The molecule has 0 aliphatic carbocycles. The van der Waals surface area contributed by atoms with E-state index < -0.39 is 29.8 Å². The van der Waals surface area contributed by atoms with Gasteiger partial charge in [-0.2, -0.15) is 0 Å². The average molecular weight is 455 g/mol. The lowest BCUT2D eigenvalue weighted by Gasteiger charge is -2.39. The van der Waals surface area contributed by atoms with Crippen molar-refractivity contribution in [1.29, 1.82) is 0 Å². The van der Waals surface area contributed by atoms with Gasteiger partial charge in [0.15, 0.2) is 6.04 Å². The number of benzene rings is 2. The van der Waals surface area contributed by atoms with E-state index in [1.165, 1.54) is 9.80 Å². The first-order chi connectivity index (χ1) is 15.7. The third-order valence-electron chi connectivity index (χ3n) is 4.96. The predicted molar refractivity (Wildman–Crippen MR) is 121 cm³/mol. The zero-order valence-electron chi connectivity index (χ0n) is 19.2. The van der Waals surface area contributed by atoms with Crippen LogP contribution in [0.1, 0.15) is 31.9 Å². The van der Waals surface area contributed by atoms with Crippen LogP contribution in [0.5, 0.6) is 0 Å². The first-order valence-electron chi connectivity index (χ1n) is 10.9. The first-order valence-corrected chi connectivity index (χ1v) is 10.9. The largest absolute Gasteiger partial charge is 0.458 e. The van der Waals surface area contributed by atoms with Gasteiger partial charge < -0.3 is 19.1 Å². The Kier molecular flexibility index (Phi) is 7.92. The molecule has 1 aliphatic heterocycles. The van der Waals surface area contributed by atoms with Crippen molar-refractivity contribution < 1.29 is 28.6 Å². The Morgan fingerprint density at radius 3 is 1.85 bits per heavy atom. The summed E-state index contributed by atoms with van der Waals surface area (Å²) in [6, 6.07) is 17.6. The summed E-state index contributed by atoms with van der Waals surface area (Å²) in [6.07, 6.45) is -1.18. The number of carbonyl (C=O) groups is 3. The monoisotopic (exact) mass is 454 g/mol. The molecule has 8 heteroatoms. The summed E-state index contributed by atoms with van der Waals surface area (Å²) in [5.74, 6) is -0.597. The zero-order chi connectivity index (χ0) is 23.8. The van der Waals surface area contributed by atoms with Crippen LogP contribution in [0.25, 0.3) is 0 Å². The minimum atomic E-state index is -0.995. The van der Waals surface area contributed by atoms with Gasteiger partial charge in [-0.1, -0.05) is 60.7 Å². The minimum absolute atomic E-state index is 0.0387. The SMILES string of the molecule is CC(C)(C)OC(=O)C1CN(C(=O)OCc2ccccc2)CCN1C(=O)OCc1ccccc1. The molecule has 8 nitrogen and oxygen atoms in total. The van der Waals surface area contributed by atoms with Crippen molar-refractivity contribution >= 4 is 18.2 Å². The highest BCUT2D eigenvalue weighted by Gasteiger charge is 2.40. The highest BCUT2D eigenvalue weighted by atomic mass is 16.6. The number of ether oxygens (including phenoxy) is 3. The van der Waals surface area contributed by atoms with Gasteiger partial charge in [-0.15, -0.1) is 0 Å². The molecule has 3 rings (SSSR count). The predicted octanol–water partition coefficient (Wildman–Crippen LogP) is 3.99. The van der Waals surface area contributed by atoms with Crippen LogP contribution in [-0.4, -0.2) is 59.2 Å². The molecule has 176 valence electrons. The molecular formula is C25H30N2O6. The molecular weight excluding hydrogens is 424 g/mol. The number of rotatable bonds is 5. The van der Waals surface area contributed by atoms with Crippen molar-refractivity contribution in [2.24, 2.45) is 0 Å². The second-order valence-electron chi connectivity index (χ2n) is 8.77. The molecule has 1 unspecified atom stereocenters. The zero-order valence-corrected chi connectivity index (χ0v) is 19.2. The van der Waals surface area contributed by atoms with Gasteiger partial charge in [0, 0.05) is 13.1 Å². The van der Waals surface area contributed by atoms with Crippen molar-refractivity contribution in [1.82, 2.24) is 9.80 Å². The van der Waals surface area contributed by atoms with Crippen LogP contribution < -0.4 is 0 Å². The molecule has 33 heavy (non-hydrogen) atoms. The van der Waals surface area contributed by atoms with Crippen molar-refractivity contribution in [3.05, 3.63) is 71.8 Å². The van der Waals surface area contributed by atoms with Crippen molar-refractivity contribution in [3.8, 4) is 0 Å². The number of hydrogen-bond acceptors (Lipinski definition) is 6. The van der Waals surface area contributed by atoms with Crippen LogP contribution in [0.4, 0.5) is 9.59 Å². The van der Waals surface area contributed by atoms with Crippen molar-refractivity contribution in [2.45, 2.75) is 45.6 Å². The second kappa shape index (κ2) is 10.8. The number of piperazine rings is 1. The van der Waals surface area contributed by atoms with E-state index in [2.05, 4.69) is 0 Å². The Morgan fingerprint density at radius 2 is 1.33 bits per heavy atom. The number of carbonyl (C=O) groups excluding carboxylic acids is 3. The molecule has 0 bridgehead atoms. The van der Waals surface area contributed by atoms with E-state index in [9.17, 15) is 14.4 Å². The van der Waals surface area contributed by atoms with E-state index in [4.69, 9.17) is 14.2 Å². The van der Waals surface area contributed by atoms with Gasteiger partial charge in [-0.3, -0.25) is 4.90 Å². The van der Waals surface area contributed by atoms with E-state index in [0.717, 1.165) is 11.1 Å². The lowest BCUT2D eigenvalue weighted by molar-refractivity contribution is -0.162. The van der Waals surface area contributed by atoms with Gasteiger partial charge in [0.05, 0.1) is 6.54 Å². The Bertz CT molecular complexity index is 942. The quantitative estimate of drug-likeness (QED) is 0.502. The summed E-state index contributed by atoms with van der Waals surface area (Å²) in [7, 11) is 0. The Hall–Kier alpha value is -3.55. The summed E-state index contributed by atoms with van der Waals surface area (Å²) in [6.45, 7) is 5.75. The van der Waals surface area contributed by atoms with E-state index in [1.54, 1.807) is 20.8 Å². The molecule has 1 atom stereocenters. The molecule has 1 saturated heterocycles. The van der Waals surface area contributed by atoms with E-state index >= 15 is 0 Å². The molecule has 0 spiro atoms. The maximum atomic E-state index is 12.9. The van der Waals surface area contributed by atoms with Crippen LogP contribution in [0.15, 0.2) is 60.7 Å². The fourth-order valence-electron chi connectivity index (χ4n) is 3.35. The normalized spacial score (nSPS) is 16.2. The van der Waals surface area contributed by atoms with Crippen LogP contribution in [0.3, 0.4) is 0 Å². The molecule has 2 aromatic rings. The molecule has 2 aromatic carbocycles. The van der Waals surface area contributed by atoms with Gasteiger partial charge >= 0.3 is 18.2 Å². The molecule has 0 aromatic heterocycles. The molecule has 0 saturated carbocycles. The third-order valence-corrected chi connectivity index (χ3v) is 4.96. The fraction of sp³-hybridized carbons (Fsp3) is 0.400. The number of hydrogen-bond donors (Lipinski definition) is 0. The Labute approximate surface area is 194 Å². The third kappa shape index (κ3) is 7.24. The van der Waals surface area contributed by atoms with E-state index in [0.29, 0.717) is 0 Å². The minimum Gasteiger partial charge on any atom is -0.458 e. The lowest BCUT2D eigenvalue weighted by atomic mass is 10.1. The Balaban J connectivity index is 1.65. The summed E-state index contributed by atoms with van der Waals surface area (Å²) in [5.41, 5.74) is 0.952. The van der Waals surface area contributed by atoms with Gasteiger partial charge in [-0.25, -0.2) is 14.4 Å². The molecule has 2 amide bonds. The standard InChI is InChI=1S/C25H30N2O6/c1-25(2,3)33-22(28)21-16-26(23(29)31-17-19-10-6-4-7-11-19)14-15-27(21)24(30)32-18-20-12-8-5-9-13-20/h4-13,21H,14-18H2,1-3H3. The maximum Gasteiger partial charge on any atom is 0.410 e. The number of amides is 2.